The Bertz CT molecular complexity index is 4050. The van der Waals surface area contributed by atoms with E-state index in [1.807, 2.05) is 24.3 Å². The van der Waals surface area contributed by atoms with Crippen molar-refractivity contribution in [1.29, 1.82) is 0 Å². The fourth-order valence-corrected chi connectivity index (χ4v) is 9.84. The largest absolute Gasteiger partial charge is 0.491 e. The number of nitrogens with two attached hydrogens (primary N) is 2. The van der Waals surface area contributed by atoms with Gasteiger partial charge in [-0.15, -0.1) is 10.2 Å². The first-order chi connectivity index (χ1) is 38.2. The molecule has 4 N–H and O–H groups in total. The summed E-state index contributed by atoms with van der Waals surface area (Å²) in [7, 11) is -2.56. The summed E-state index contributed by atoms with van der Waals surface area (Å²) in [5, 5.41) is 8.38. The lowest BCUT2D eigenvalue weighted by Crippen LogP contribution is -2.47. The van der Waals surface area contributed by atoms with E-state index in [0.29, 0.717) is 47.7 Å². The maximum atomic E-state index is 13.6. The standard InChI is InChI=1S/C27H30F3N9O4.C21H18F3N7O5S/c1-41-15-16-42-19-6-4-18(5-7-19)36-11-8-35(9-12-36)10-13-37-23-21(38(26(37)40)17-27(28,29)30)24-32-22(20-3-2-14-43-20)34-39(24)25(31)33-23;1-12-4-6-13(7-5-12)37(33,34)36-10-8-29-17-15(30(20(29)32)11-21(22,23)24)18-26-16(14-3-2-9-35-14)28-31(18)19(25)27-17/h2-7,14H,8-13,15-17H2,1H3,(H2,31,33);2-7,9H,8,10-11H2,1H3,(H2,25,27). The van der Waals surface area contributed by atoms with E-state index in [0.717, 1.165) is 43.7 Å². The third-order valence-corrected chi connectivity index (χ3v) is 14.0. The molecule has 0 spiro atoms. The first kappa shape index (κ1) is 54.6. The van der Waals surface area contributed by atoms with Crippen molar-refractivity contribution in [3.63, 3.8) is 0 Å². The smallest absolute Gasteiger partial charge is 0.406 e. The second-order valence-corrected chi connectivity index (χ2v) is 19.7. The second kappa shape index (κ2) is 21.8. The summed E-state index contributed by atoms with van der Waals surface area (Å²) in [6.07, 6.45) is -6.64. The Kier molecular flexibility index (Phi) is 14.9. The molecular weight excluding hydrogens is 1090 g/mol. The number of nitrogens with zero attached hydrogens (tertiary/aromatic N) is 14. The maximum Gasteiger partial charge on any atom is 0.406 e. The number of ether oxygens (including phenoxy) is 2. The third-order valence-electron chi connectivity index (χ3n) is 12.7. The van der Waals surface area contributed by atoms with Gasteiger partial charge >= 0.3 is 23.7 Å². The Balaban J connectivity index is 0.000000182. The minimum Gasteiger partial charge on any atom is -0.491 e. The van der Waals surface area contributed by atoms with Gasteiger partial charge in [-0.3, -0.25) is 27.4 Å². The first-order valence-electron chi connectivity index (χ1n) is 24.3. The zero-order valence-corrected chi connectivity index (χ0v) is 43.2. The van der Waals surface area contributed by atoms with Gasteiger partial charge in [0.1, 0.15) is 36.5 Å². The number of piperazine rings is 1. The van der Waals surface area contributed by atoms with Crippen molar-refractivity contribution in [2.45, 2.75) is 50.4 Å². The maximum absolute atomic E-state index is 13.6. The molecule has 10 aromatic rings. The molecule has 11 rings (SSSR count). The number of hydrogen-bond acceptors (Lipinski definition) is 19. The third kappa shape index (κ3) is 11.4. The zero-order valence-electron chi connectivity index (χ0n) is 42.3. The molecule has 0 saturated carbocycles. The number of nitrogen functional groups attached to an aromatic ring is 2. The Morgan fingerprint density at radius 1 is 0.613 bits per heavy atom. The molecule has 1 saturated heterocycles. The Morgan fingerprint density at radius 3 is 1.60 bits per heavy atom. The van der Waals surface area contributed by atoms with Gasteiger partial charge in [0.15, 0.2) is 34.1 Å². The molecule has 9 heterocycles. The Hall–Kier alpha value is -8.75. The topological polar surface area (TPSA) is 287 Å². The molecule has 0 amide bonds. The molecule has 1 aliphatic heterocycles. The first-order valence-corrected chi connectivity index (χ1v) is 25.7. The number of rotatable bonds is 17. The fraction of sp³-hybridized carbons (Fsp3) is 0.333. The number of aryl methyl sites for hydroxylation is 1. The van der Waals surface area contributed by atoms with Gasteiger partial charge in [0.05, 0.1) is 37.2 Å². The molecule has 80 heavy (non-hydrogen) atoms. The number of hydrogen-bond donors (Lipinski definition) is 2. The molecule has 1 fully saturated rings. The summed E-state index contributed by atoms with van der Waals surface area (Å²) in [6.45, 7) is 2.08. The number of furan rings is 2. The average molecular weight is 1140 g/mol. The predicted octanol–water partition coefficient (Wildman–Crippen LogP) is 4.85. The van der Waals surface area contributed by atoms with E-state index >= 15 is 0 Å². The molecular formula is C48H48F6N16O9S. The summed E-state index contributed by atoms with van der Waals surface area (Å²) in [6, 6.07) is 20.1. The van der Waals surface area contributed by atoms with Gasteiger partial charge in [-0.25, -0.2) is 19.6 Å². The van der Waals surface area contributed by atoms with Crippen LogP contribution in [-0.2, 0) is 45.2 Å². The minimum absolute atomic E-state index is 0.0114. The van der Waals surface area contributed by atoms with Gasteiger partial charge in [0, 0.05) is 52.1 Å². The Morgan fingerprint density at radius 2 is 1.12 bits per heavy atom. The highest BCUT2D eigenvalue weighted by molar-refractivity contribution is 7.86. The van der Waals surface area contributed by atoms with Crippen LogP contribution < -0.4 is 32.5 Å². The molecule has 0 bridgehead atoms. The molecule has 0 radical (unpaired) electrons. The van der Waals surface area contributed by atoms with Crippen LogP contribution in [-0.4, -0.2) is 143 Å². The average Bonchev–Trinajstić information content (AvgIpc) is 4.44. The van der Waals surface area contributed by atoms with E-state index in [2.05, 4.69) is 39.9 Å². The van der Waals surface area contributed by atoms with E-state index in [4.69, 9.17) is 34.0 Å². The molecule has 422 valence electrons. The highest BCUT2D eigenvalue weighted by Gasteiger charge is 2.35. The monoisotopic (exact) mass is 1140 g/mol. The van der Waals surface area contributed by atoms with Gasteiger partial charge in [-0.05, 0) is 67.6 Å². The number of halogens is 6. The van der Waals surface area contributed by atoms with Crippen LogP contribution >= 0.6 is 0 Å². The van der Waals surface area contributed by atoms with Crippen LogP contribution in [0, 0.1) is 6.92 Å². The van der Waals surface area contributed by atoms with Crippen LogP contribution in [0.2, 0.25) is 0 Å². The van der Waals surface area contributed by atoms with Gasteiger partial charge < -0.3 is 34.7 Å². The second-order valence-electron chi connectivity index (χ2n) is 18.1. The van der Waals surface area contributed by atoms with E-state index in [1.165, 1.54) is 35.3 Å². The van der Waals surface area contributed by atoms with Gasteiger partial charge in [0.2, 0.25) is 23.5 Å². The number of aromatic nitrogens is 12. The summed E-state index contributed by atoms with van der Waals surface area (Å²) in [5.74, 6) is 1.02. The highest BCUT2D eigenvalue weighted by Crippen LogP contribution is 2.29. The normalized spacial score (nSPS) is 13.8. The van der Waals surface area contributed by atoms with Gasteiger partial charge in [-0.1, -0.05) is 17.7 Å². The molecule has 32 heteroatoms. The van der Waals surface area contributed by atoms with Crippen LogP contribution in [0.4, 0.5) is 43.9 Å². The van der Waals surface area contributed by atoms with Crippen LogP contribution in [0.15, 0.2) is 109 Å². The number of fused-ring (bicyclic) bond motifs is 6. The minimum atomic E-state index is -4.77. The SMILES string of the molecule is COCCOc1ccc(N2CCN(CCn3c(=O)n(CC(F)(F)F)c4c3nc(N)n3nc(-c5ccco5)nc43)CC2)cc1.Cc1ccc(S(=O)(=O)OCCn2c(=O)n(CC(F)(F)F)c3c2nc(N)n2nc(-c4ccco4)nc32)cc1. The lowest BCUT2D eigenvalue weighted by atomic mass is 10.2. The summed E-state index contributed by atoms with van der Waals surface area (Å²) < 4.78 is 138. The predicted molar refractivity (Wildman–Crippen MR) is 274 cm³/mol. The lowest BCUT2D eigenvalue weighted by Gasteiger charge is -2.36. The summed E-state index contributed by atoms with van der Waals surface area (Å²) in [5.41, 5.74) is 11.3. The van der Waals surface area contributed by atoms with Gasteiger partial charge in [0.25, 0.3) is 10.1 Å². The van der Waals surface area contributed by atoms with E-state index < -0.39 is 60.1 Å². The quantitative estimate of drug-likeness (QED) is 0.0700. The van der Waals surface area contributed by atoms with Crippen molar-refractivity contribution in [1.82, 2.24) is 62.3 Å². The molecule has 0 aliphatic carbocycles. The van der Waals surface area contributed by atoms with Crippen LogP contribution in [0.1, 0.15) is 5.56 Å². The van der Waals surface area contributed by atoms with Crippen molar-refractivity contribution < 1.29 is 57.3 Å². The molecule has 2 aromatic carbocycles. The van der Waals surface area contributed by atoms with Crippen molar-refractivity contribution >= 4 is 61.3 Å². The number of benzene rings is 2. The molecule has 8 aromatic heterocycles. The number of alkyl halides is 6. The fourth-order valence-electron chi connectivity index (χ4n) is 8.94. The summed E-state index contributed by atoms with van der Waals surface area (Å²) >= 11 is 0. The number of methoxy groups -OCH3 is 1. The van der Waals surface area contributed by atoms with E-state index in [9.17, 15) is 44.3 Å². The molecule has 1 aliphatic rings. The van der Waals surface area contributed by atoms with Crippen LogP contribution in [0.5, 0.6) is 5.75 Å². The number of imidazole rings is 2. The number of anilines is 3. The van der Waals surface area contributed by atoms with E-state index in [-0.39, 0.29) is 74.4 Å². The van der Waals surface area contributed by atoms with Gasteiger partial charge in [-0.2, -0.15) is 53.8 Å². The van der Waals surface area contributed by atoms with Crippen LogP contribution in [0.25, 0.3) is 56.8 Å². The van der Waals surface area contributed by atoms with Crippen molar-refractivity contribution in [3.05, 3.63) is 112 Å². The molecule has 0 unspecified atom stereocenters. The van der Waals surface area contributed by atoms with Crippen LogP contribution in [0.3, 0.4) is 0 Å². The summed E-state index contributed by atoms with van der Waals surface area (Å²) in [4.78, 5) is 47.7. The van der Waals surface area contributed by atoms with Crippen molar-refractivity contribution in [3.8, 4) is 28.9 Å². The molecule has 25 nitrogen and oxygen atoms in total. The lowest BCUT2D eigenvalue weighted by molar-refractivity contribution is -0.141. The Labute approximate surface area is 446 Å². The van der Waals surface area contributed by atoms with Crippen molar-refractivity contribution in [2.24, 2.45) is 0 Å². The van der Waals surface area contributed by atoms with Crippen molar-refractivity contribution in [2.75, 3.05) is 76.0 Å². The zero-order chi connectivity index (χ0) is 56.7. The molecule has 0 atom stereocenters. The highest BCUT2D eigenvalue weighted by atomic mass is 32.2. The van der Waals surface area contributed by atoms with E-state index in [1.54, 1.807) is 44.4 Å².